The van der Waals surface area contributed by atoms with Gasteiger partial charge in [-0.2, -0.15) is 0 Å². The van der Waals surface area contributed by atoms with E-state index in [1.807, 2.05) is 28.1 Å². The Bertz CT molecular complexity index is 630. The Morgan fingerprint density at radius 1 is 1.03 bits per heavy atom. The lowest BCUT2D eigenvalue weighted by Gasteiger charge is -2.46. The lowest BCUT2D eigenvalue weighted by atomic mass is 9.60. The van der Waals surface area contributed by atoms with Crippen molar-refractivity contribution < 1.29 is 28.6 Å². The van der Waals surface area contributed by atoms with E-state index in [1.165, 1.54) is 38.5 Å². The van der Waals surface area contributed by atoms with Gasteiger partial charge < -0.3 is 19.3 Å². The van der Waals surface area contributed by atoms with Gasteiger partial charge in [-0.15, -0.1) is 0 Å². The van der Waals surface area contributed by atoms with Gasteiger partial charge in [-0.25, -0.2) is 4.79 Å². The number of esters is 1. The highest BCUT2D eigenvalue weighted by molar-refractivity contribution is 5.86. The van der Waals surface area contributed by atoms with Gasteiger partial charge in [0, 0.05) is 19.6 Å². The molecule has 2 aliphatic carbocycles. The van der Waals surface area contributed by atoms with Gasteiger partial charge in [0.2, 0.25) is 6.23 Å². The maximum atomic E-state index is 11.8. The molecule has 6 heteroatoms. The molecule has 0 aromatic carbocycles. The van der Waals surface area contributed by atoms with Gasteiger partial charge in [0.15, 0.2) is 0 Å². The zero-order valence-electron chi connectivity index (χ0n) is 22.3. The second-order valence-electron chi connectivity index (χ2n) is 11.7. The number of rotatable bonds is 11. The highest BCUT2D eigenvalue weighted by Gasteiger charge is 2.40. The molecule has 2 aliphatic rings. The van der Waals surface area contributed by atoms with Crippen LogP contribution in [-0.2, 0) is 19.0 Å². The lowest BCUT2D eigenvalue weighted by molar-refractivity contribution is -0.935. The van der Waals surface area contributed by atoms with E-state index >= 15 is 0 Å². The number of likely N-dealkylation sites (N-methyl/N-ethyl adjacent to an activating group) is 1. The topological polar surface area (TPSA) is 65.0 Å². The van der Waals surface area contributed by atoms with E-state index in [0.717, 1.165) is 24.7 Å². The van der Waals surface area contributed by atoms with Crippen molar-refractivity contribution in [1.82, 2.24) is 0 Å². The number of carbonyl (C=O) groups excluding carboxylic acids is 1. The number of aliphatic hydroxyl groups is 1. The molecule has 0 aromatic rings. The minimum Gasteiger partial charge on any atom is -0.409 e. The van der Waals surface area contributed by atoms with Crippen molar-refractivity contribution in [2.24, 2.45) is 17.3 Å². The molecule has 2 fully saturated rings. The molecule has 192 valence electrons. The Balaban J connectivity index is 1.74. The molecular weight excluding hydrogens is 418 g/mol. The first-order valence-corrected chi connectivity index (χ1v) is 12.9. The number of ether oxygens (including phenoxy) is 3. The fraction of sp³-hybridized carbons (Fsp3) is 0.889. The van der Waals surface area contributed by atoms with Crippen molar-refractivity contribution in [3.63, 3.8) is 0 Å². The first-order valence-electron chi connectivity index (χ1n) is 12.9. The third-order valence-corrected chi connectivity index (χ3v) is 8.60. The highest BCUT2D eigenvalue weighted by atomic mass is 16.6. The fourth-order valence-corrected chi connectivity index (χ4v) is 5.74. The Labute approximate surface area is 202 Å². The quantitative estimate of drug-likeness (QED) is 0.206. The number of hydrogen-bond donors (Lipinski definition) is 1. The van der Waals surface area contributed by atoms with E-state index in [1.54, 1.807) is 6.92 Å². The molecule has 0 heterocycles. The predicted octanol–water partition coefficient (Wildman–Crippen LogP) is 4.70. The monoisotopic (exact) mass is 468 g/mol. The number of methoxy groups -OCH3 is 1. The summed E-state index contributed by atoms with van der Waals surface area (Å²) < 4.78 is 17.5. The SMILES string of the molecule is C=C(C)C(=O)OC(C)[N+](C)(C)CC(O)COC1CCC(C(C)(C)C2CCC(OC)CC2)CC1. The van der Waals surface area contributed by atoms with Crippen molar-refractivity contribution in [1.29, 1.82) is 0 Å². The molecule has 0 aliphatic heterocycles. The maximum Gasteiger partial charge on any atom is 0.337 e. The van der Waals surface area contributed by atoms with Crippen molar-refractivity contribution in [2.75, 3.05) is 34.4 Å². The Hall–Kier alpha value is -0.950. The van der Waals surface area contributed by atoms with Crippen LogP contribution in [0.25, 0.3) is 0 Å². The summed E-state index contributed by atoms with van der Waals surface area (Å²) in [6, 6.07) is 0. The maximum absolute atomic E-state index is 11.8. The summed E-state index contributed by atoms with van der Waals surface area (Å²) in [5.74, 6) is 1.13. The van der Waals surface area contributed by atoms with Crippen molar-refractivity contribution >= 4 is 5.97 Å². The average Bonchev–Trinajstić information content (AvgIpc) is 2.77. The van der Waals surface area contributed by atoms with Gasteiger partial charge in [0.25, 0.3) is 0 Å². The summed E-state index contributed by atoms with van der Waals surface area (Å²) in [7, 11) is 5.74. The van der Waals surface area contributed by atoms with Crippen LogP contribution in [0.2, 0.25) is 0 Å². The minimum atomic E-state index is -0.601. The summed E-state index contributed by atoms with van der Waals surface area (Å²) in [5.41, 5.74) is 0.745. The molecule has 0 spiro atoms. The molecule has 0 saturated heterocycles. The normalized spacial score (nSPS) is 28.7. The van der Waals surface area contributed by atoms with Crippen molar-refractivity contribution in [2.45, 2.75) is 104 Å². The molecule has 33 heavy (non-hydrogen) atoms. The molecular formula is C27H50NO5+. The number of quaternary nitrogens is 1. The molecule has 2 saturated carbocycles. The van der Waals surface area contributed by atoms with Gasteiger partial charge >= 0.3 is 5.97 Å². The van der Waals surface area contributed by atoms with Crippen LogP contribution in [0.4, 0.5) is 0 Å². The van der Waals surface area contributed by atoms with E-state index in [9.17, 15) is 9.90 Å². The molecule has 0 bridgehead atoms. The predicted molar refractivity (Wildman–Crippen MR) is 132 cm³/mol. The zero-order valence-corrected chi connectivity index (χ0v) is 22.3. The first-order chi connectivity index (χ1) is 15.4. The standard InChI is InChI=1S/C27H50NO5/c1-19(2)26(30)33-20(3)28(6,7)17-23(29)18-32-25-15-11-22(12-16-25)27(4,5)21-9-13-24(31-8)14-10-21/h20-25,29H,1,9-18H2,2-8H3/q+1. The van der Waals surface area contributed by atoms with Crippen LogP contribution in [0, 0.1) is 17.3 Å². The van der Waals surface area contributed by atoms with Crippen molar-refractivity contribution in [3.05, 3.63) is 12.2 Å². The van der Waals surface area contributed by atoms with Crippen LogP contribution in [0.1, 0.15) is 79.1 Å². The molecule has 2 rings (SSSR count). The summed E-state index contributed by atoms with van der Waals surface area (Å²) in [4.78, 5) is 11.8. The van der Waals surface area contributed by atoms with E-state index in [4.69, 9.17) is 14.2 Å². The summed E-state index contributed by atoms with van der Waals surface area (Å²) in [6.07, 6.45) is 9.20. The van der Waals surface area contributed by atoms with Crippen LogP contribution < -0.4 is 0 Å². The molecule has 1 N–H and O–H groups in total. The molecule has 2 unspecified atom stereocenters. The van der Waals surface area contributed by atoms with E-state index in [-0.39, 0.29) is 12.3 Å². The van der Waals surface area contributed by atoms with Crippen LogP contribution in [0.5, 0.6) is 0 Å². The fourth-order valence-electron chi connectivity index (χ4n) is 5.74. The van der Waals surface area contributed by atoms with Gasteiger partial charge in [0.05, 0.1) is 32.9 Å². The molecule has 0 aromatic heterocycles. The second kappa shape index (κ2) is 12.1. The summed E-state index contributed by atoms with van der Waals surface area (Å²) in [6.45, 7) is 12.8. The van der Waals surface area contributed by atoms with Crippen LogP contribution >= 0.6 is 0 Å². The Morgan fingerprint density at radius 3 is 1.97 bits per heavy atom. The van der Waals surface area contributed by atoms with Gasteiger partial charge in [-0.05, 0) is 75.5 Å². The summed E-state index contributed by atoms with van der Waals surface area (Å²) >= 11 is 0. The smallest absolute Gasteiger partial charge is 0.337 e. The van der Waals surface area contributed by atoms with Crippen LogP contribution in [0.15, 0.2) is 12.2 Å². The number of aliphatic hydroxyl groups excluding tert-OH is 1. The highest BCUT2D eigenvalue weighted by Crippen LogP contribution is 2.48. The Morgan fingerprint density at radius 2 is 1.52 bits per heavy atom. The second-order valence-corrected chi connectivity index (χ2v) is 11.7. The third kappa shape index (κ3) is 8.05. The van der Waals surface area contributed by atoms with Crippen LogP contribution in [-0.4, -0.2) is 74.5 Å². The van der Waals surface area contributed by atoms with Crippen LogP contribution in [0.3, 0.4) is 0 Å². The lowest BCUT2D eigenvalue weighted by Crippen LogP contribution is -2.54. The number of hydrogen-bond acceptors (Lipinski definition) is 5. The first kappa shape index (κ1) is 28.3. The van der Waals surface area contributed by atoms with E-state index < -0.39 is 12.1 Å². The molecule has 2 atom stereocenters. The Kier molecular flexibility index (Phi) is 10.4. The third-order valence-electron chi connectivity index (χ3n) is 8.60. The molecule has 0 radical (unpaired) electrons. The van der Waals surface area contributed by atoms with E-state index in [0.29, 0.717) is 34.7 Å². The van der Waals surface area contributed by atoms with Gasteiger partial charge in [-0.1, -0.05) is 20.4 Å². The minimum absolute atomic E-state index is 0.227. The van der Waals surface area contributed by atoms with E-state index in [2.05, 4.69) is 20.4 Å². The summed E-state index contributed by atoms with van der Waals surface area (Å²) in [5, 5.41) is 10.6. The van der Waals surface area contributed by atoms with Crippen molar-refractivity contribution in [3.8, 4) is 0 Å². The van der Waals surface area contributed by atoms with Gasteiger partial charge in [-0.3, -0.25) is 4.48 Å². The number of nitrogens with zero attached hydrogens (tertiary/aromatic N) is 1. The largest absolute Gasteiger partial charge is 0.409 e. The number of carbonyl (C=O) groups is 1. The molecule has 0 amide bonds. The average molecular weight is 469 g/mol. The zero-order chi connectivity index (χ0) is 24.8. The molecule has 6 nitrogen and oxygen atoms in total. The van der Waals surface area contributed by atoms with Gasteiger partial charge in [0.1, 0.15) is 12.6 Å².